The fourth-order valence-electron chi connectivity index (χ4n) is 2.26. The predicted octanol–water partition coefficient (Wildman–Crippen LogP) is 3.95. The molecule has 138 valence electrons. The van der Waals surface area contributed by atoms with Gasteiger partial charge in [-0.3, -0.25) is 4.79 Å². The van der Waals surface area contributed by atoms with Crippen LogP contribution in [-0.2, 0) is 20.9 Å². The molecule has 0 amide bonds. The van der Waals surface area contributed by atoms with Crippen LogP contribution in [0.1, 0.15) is 31.7 Å². The lowest BCUT2D eigenvalue weighted by Crippen LogP contribution is -2.17. The Bertz CT molecular complexity index is 679. The van der Waals surface area contributed by atoms with E-state index in [0.29, 0.717) is 26.1 Å². The summed E-state index contributed by atoms with van der Waals surface area (Å²) in [5.41, 5.74) is 1.12. The number of ether oxygens (including phenoxy) is 3. The van der Waals surface area contributed by atoms with Crippen molar-refractivity contribution in [3.05, 3.63) is 60.2 Å². The zero-order chi connectivity index (χ0) is 18.6. The number of carbonyl (C=O) groups excluding carboxylic acids is 2. The second-order valence-corrected chi connectivity index (χ2v) is 5.69. The zero-order valence-electron chi connectivity index (χ0n) is 15.0. The van der Waals surface area contributed by atoms with E-state index in [0.717, 1.165) is 17.1 Å². The highest BCUT2D eigenvalue weighted by Gasteiger charge is 2.13. The molecule has 0 bridgehead atoms. The van der Waals surface area contributed by atoms with E-state index in [-0.39, 0.29) is 13.0 Å². The lowest BCUT2D eigenvalue weighted by Gasteiger charge is -2.09. The molecule has 0 saturated heterocycles. The molecule has 0 fully saturated rings. The van der Waals surface area contributed by atoms with Gasteiger partial charge in [-0.15, -0.1) is 0 Å². The molecule has 0 atom stereocenters. The summed E-state index contributed by atoms with van der Waals surface area (Å²) in [6, 6.07) is 17.4. The summed E-state index contributed by atoms with van der Waals surface area (Å²) in [6.45, 7) is 2.91. The first-order chi connectivity index (χ1) is 12.7. The summed E-state index contributed by atoms with van der Waals surface area (Å²) in [7, 11) is 0. The summed E-state index contributed by atoms with van der Waals surface area (Å²) < 4.78 is 16.0. The van der Waals surface area contributed by atoms with Gasteiger partial charge in [0.2, 0.25) is 5.78 Å². The van der Waals surface area contributed by atoms with Crippen molar-refractivity contribution < 1.29 is 23.8 Å². The summed E-state index contributed by atoms with van der Waals surface area (Å²) in [5, 5.41) is 0. The van der Waals surface area contributed by atoms with Gasteiger partial charge in [0.25, 0.3) is 0 Å². The van der Waals surface area contributed by atoms with Crippen LogP contribution in [0, 0.1) is 0 Å². The number of carbonyl (C=O) groups is 2. The number of Topliss-reactive ketones (excluding diaryl/α,β-unsaturated/α-hetero) is 1. The minimum Gasteiger partial charge on any atom is -0.494 e. The Kier molecular flexibility index (Phi) is 8.19. The van der Waals surface area contributed by atoms with E-state index in [2.05, 4.69) is 4.74 Å². The number of ketones is 1. The lowest BCUT2D eigenvalue weighted by atomic mass is 10.2. The van der Waals surface area contributed by atoms with Crippen molar-refractivity contribution in [2.45, 2.75) is 32.8 Å². The molecule has 0 aromatic heterocycles. The molecule has 2 aromatic rings. The van der Waals surface area contributed by atoms with E-state index in [1.54, 1.807) is 6.92 Å². The highest BCUT2D eigenvalue weighted by atomic mass is 16.5. The van der Waals surface area contributed by atoms with Crippen molar-refractivity contribution >= 4 is 11.8 Å². The van der Waals surface area contributed by atoms with E-state index >= 15 is 0 Å². The molecular formula is C21H24O5. The summed E-state index contributed by atoms with van der Waals surface area (Å²) in [6.07, 6.45) is 1.47. The molecule has 0 saturated carbocycles. The highest BCUT2D eigenvalue weighted by molar-refractivity contribution is 6.33. The number of rotatable bonds is 11. The van der Waals surface area contributed by atoms with Crippen LogP contribution >= 0.6 is 0 Å². The van der Waals surface area contributed by atoms with Crippen LogP contribution in [0.25, 0.3) is 0 Å². The molecule has 0 N–H and O–H groups in total. The molecule has 0 aliphatic heterocycles. The maximum Gasteiger partial charge on any atom is 0.374 e. The van der Waals surface area contributed by atoms with Crippen molar-refractivity contribution in [2.24, 2.45) is 0 Å². The zero-order valence-corrected chi connectivity index (χ0v) is 15.0. The second kappa shape index (κ2) is 10.9. The van der Waals surface area contributed by atoms with Gasteiger partial charge in [0, 0.05) is 6.42 Å². The number of hydrogen-bond acceptors (Lipinski definition) is 5. The van der Waals surface area contributed by atoms with E-state index in [1.807, 2.05) is 54.6 Å². The maximum absolute atomic E-state index is 11.4. The van der Waals surface area contributed by atoms with Gasteiger partial charge in [-0.05, 0) is 49.6 Å². The SMILES string of the molecule is CCOC(=O)C(=O)CCCCOc1ccc(OCc2ccccc2)cc1. The molecule has 0 spiro atoms. The number of benzene rings is 2. The Morgan fingerprint density at radius 1 is 0.846 bits per heavy atom. The summed E-state index contributed by atoms with van der Waals surface area (Å²) in [4.78, 5) is 22.6. The maximum atomic E-state index is 11.4. The number of esters is 1. The first-order valence-electron chi connectivity index (χ1n) is 8.78. The highest BCUT2D eigenvalue weighted by Crippen LogP contribution is 2.19. The average molecular weight is 356 g/mol. The lowest BCUT2D eigenvalue weighted by molar-refractivity contribution is -0.153. The largest absolute Gasteiger partial charge is 0.494 e. The van der Waals surface area contributed by atoms with Crippen LogP contribution in [-0.4, -0.2) is 25.0 Å². The Morgan fingerprint density at radius 3 is 2.15 bits per heavy atom. The van der Waals surface area contributed by atoms with Gasteiger partial charge >= 0.3 is 5.97 Å². The first kappa shape index (κ1) is 19.5. The molecule has 0 heterocycles. The Morgan fingerprint density at radius 2 is 1.50 bits per heavy atom. The molecule has 2 aromatic carbocycles. The molecule has 26 heavy (non-hydrogen) atoms. The van der Waals surface area contributed by atoms with Crippen molar-refractivity contribution in [3.63, 3.8) is 0 Å². The Balaban J connectivity index is 1.63. The first-order valence-corrected chi connectivity index (χ1v) is 8.78. The van der Waals surface area contributed by atoms with Gasteiger partial charge in [0.05, 0.1) is 13.2 Å². The van der Waals surface area contributed by atoms with Crippen LogP contribution in [0.2, 0.25) is 0 Å². The number of hydrogen-bond donors (Lipinski definition) is 0. The summed E-state index contributed by atoms with van der Waals surface area (Å²) >= 11 is 0. The minimum atomic E-state index is -0.750. The predicted molar refractivity (Wildman–Crippen MR) is 98.2 cm³/mol. The molecule has 5 heteroatoms. The van der Waals surface area contributed by atoms with Crippen molar-refractivity contribution in [1.29, 1.82) is 0 Å². The monoisotopic (exact) mass is 356 g/mol. The standard InChI is InChI=1S/C21H24O5/c1-2-24-21(23)20(22)10-6-7-15-25-18-11-13-19(14-12-18)26-16-17-8-4-3-5-9-17/h3-5,8-9,11-14H,2,6-7,10,15-16H2,1H3. The van der Waals surface area contributed by atoms with Crippen LogP contribution in [0.3, 0.4) is 0 Å². The van der Waals surface area contributed by atoms with Gasteiger partial charge in [-0.25, -0.2) is 4.79 Å². The fraction of sp³-hybridized carbons (Fsp3) is 0.333. The van der Waals surface area contributed by atoms with Crippen LogP contribution in [0.15, 0.2) is 54.6 Å². The van der Waals surface area contributed by atoms with Gasteiger partial charge in [-0.1, -0.05) is 30.3 Å². The topological polar surface area (TPSA) is 61.8 Å². The Hall–Kier alpha value is -2.82. The molecule has 0 aliphatic carbocycles. The van der Waals surface area contributed by atoms with E-state index < -0.39 is 11.8 Å². The quantitative estimate of drug-likeness (QED) is 0.347. The number of unbranched alkanes of at least 4 members (excludes halogenated alkanes) is 1. The smallest absolute Gasteiger partial charge is 0.374 e. The third-order valence-electron chi connectivity index (χ3n) is 3.64. The third-order valence-corrected chi connectivity index (χ3v) is 3.64. The molecule has 2 rings (SSSR count). The van der Waals surface area contributed by atoms with Crippen LogP contribution < -0.4 is 9.47 Å². The van der Waals surface area contributed by atoms with E-state index in [9.17, 15) is 9.59 Å². The molecule has 0 unspecified atom stereocenters. The summed E-state index contributed by atoms with van der Waals surface area (Å²) in [5.74, 6) is 0.293. The van der Waals surface area contributed by atoms with E-state index in [4.69, 9.17) is 9.47 Å². The van der Waals surface area contributed by atoms with Gasteiger partial charge < -0.3 is 14.2 Å². The van der Waals surface area contributed by atoms with Gasteiger partial charge in [-0.2, -0.15) is 0 Å². The molecule has 5 nitrogen and oxygen atoms in total. The van der Waals surface area contributed by atoms with E-state index in [1.165, 1.54) is 0 Å². The molecule has 0 aliphatic rings. The van der Waals surface area contributed by atoms with Crippen molar-refractivity contribution in [2.75, 3.05) is 13.2 Å². The minimum absolute atomic E-state index is 0.189. The molecule has 0 radical (unpaired) electrons. The normalized spacial score (nSPS) is 10.2. The van der Waals surface area contributed by atoms with Crippen molar-refractivity contribution in [1.82, 2.24) is 0 Å². The molecular weight excluding hydrogens is 332 g/mol. The third kappa shape index (κ3) is 6.97. The second-order valence-electron chi connectivity index (χ2n) is 5.69. The fourth-order valence-corrected chi connectivity index (χ4v) is 2.26. The Labute approximate surface area is 153 Å². The van der Waals surface area contributed by atoms with Gasteiger partial charge in [0.15, 0.2) is 0 Å². The van der Waals surface area contributed by atoms with Gasteiger partial charge in [0.1, 0.15) is 18.1 Å². The van der Waals surface area contributed by atoms with Crippen LogP contribution in [0.5, 0.6) is 11.5 Å². The van der Waals surface area contributed by atoms with Crippen LogP contribution in [0.4, 0.5) is 0 Å². The van der Waals surface area contributed by atoms with Crippen molar-refractivity contribution in [3.8, 4) is 11.5 Å². The average Bonchev–Trinajstić information content (AvgIpc) is 2.68.